The predicted molar refractivity (Wildman–Crippen MR) is 129 cm³/mol. The van der Waals surface area contributed by atoms with E-state index in [0.29, 0.717) is 23.8 Å². The zero-order chi connectivity index (χ0) is 23.4. The zero-order valence-corrected chi connectivity index (χ0v) is 19.2. The van der Waals surface area contributed by atoms with Gasteiger partial charge in [0.15, 0.2) is 17.2 Å². The number of nitrogens with one attached hydrogen (secondary N) is 1. The van der Waals surface area contributed by atoms with Crippen molar-refractivity contribution in [3.05, 3.63) is 71.1 Å². The summed E-state index contributed by atoms with van der Waals surface area (Å²) >= 11 is 1.58. The Labute approximate surface area is 195 Å². The summed E-state index contributed by atoms with van der Waals surface area (Å²) in [5, 5.41) is 13.3. The lowest BCUT2D eigenvalue weighted by Gasteiger charge is -2.11. The molecular weight excluding hydrogens is 442 g/mol. The molecule has 0 unspecified atom stereocenters. The van der Waals surface area contributed by atoms with Gasteiger partial charge in [0, 0.05) is 21.8 Å². The third-order valence-electron chi connectivity index (χ3n) is 5.08. The largest absolute Gasteiger partial charge is 0.497 e. The lowest BCUT2D eigenvalue weighted by atomic mass is 10.2. The van der Waals surface area contributed by atoms with Crippen LogP contribution >= 0.6 is 11.3 Å². The van der Waals surface area contributed by atoms with E-state index in [0.717, 1.165) is 32.1 Å². The summed E-state index contributed by atoms with van der Waals surface area (Å²) in [6.45, 7) is 0.488. The van der Waals surface area contributed by atoms with Gasteiger partial charge in [0.25, 0.3) is 0 Å². The van der Waals surface area contributed by atoms with Crippen LogP contribution in [0.3, 0.4) is 0 Å². The maximum Gasteiger partial charge on any atom is 0.335 e. The number of carboxylic acid groups (broad SMARTS) is 1. The van der Waals surface area contributed by atoms with Gasteiger partial charge in [-0.05, 0) is 54.6 Å². The number of hydrogen-bond donors (Lipinski definition) is 2. The molecule has 33 heavy (non-hydrogen) atoms. The van der Waals surface area contributed by atoms with E-state index in [4.69, 9.17) is 24.1 Å². The molecule has 2 N–H and O–H groups in total. The van der Waals surface area contributed by atoms with Crippen molar-refractivity contribution in [2.24, 2.45) is 0 Å². The molecule has 3 aromatic carbocycles. The van der Waals surface area contributed by atoms with Gasteiger partial charge in [-0.15, -0.1) is 11.3 Å². The van der Waals surface area contributed by atoms with Crippen LogP contribution < -0.4 is 24.3 Å². The van der Waals surface area contributed by atoms with E-state index in [2.05, 4.69) is 5.32 Å². The monoisotopic (exact) mass is 465 g/mol. The number of carboxylic acids is 1. The summed E-state index contributed by atoms with van der Waals surface area (Å²) < 4.78 is 23.5. The lowest BCUT2D eigenvalue weighted by molar-refractivity contribution is 0.0697. The van der Waals surface area contributed by atoms with E-state index in [9.17, 15) is 4.79 Å². The highest BCUT2D eigenvalue weighted by Crippen LogP contribution is 2.45. The second kappa shape index (κ2) is 9.70. The minimum absolute atomic E-state index is 0.241. The van der Waals surface area contributed by atoms with Crippen molar-refractivity contribution < 1.29 is 28.8 Å². The Morgan fingerprint density at radius 1 is 0.879 bits per heavy atom. The van der Waals surface area contributed by atoms with E-state index in [1.54, 1.807) is 56.9 Å². The van der Waals surface area contributed by atoms with Crippen molar-refractivity contribution in [3.8, 4) is 28.7 Å². The molecule has 4 aromatic rings. The van der Waals surface area contributed by atoms with Crippen molar-refractivity contribution in [2.75, 3.05) is 26.6 Å². The summed E-state index contributed by atoms with van der Waals surface area (Å²) in [5.41, 5.74) is 1.05. The Kier molecular flexibility index (Phi) is 6.55. The van der Waals surface area contributed by atoms with E-state index in [-0.39, 0.29) is 5.56 Å². The average Bonchev–Trinajstić information content (AvgIpc) is 3.18. The highest BCUT2D eigenvalue weighted by atomic mass is 32.1. The molecule has 0 spiro atoms. The van der Waals surface area contributed by atoms with Gasteiger partial charge < -0.3 is 29.4 Å². The van der Waals surface area contributed by atoms with E-state index in [1.807, 2.05) is 36.4 Å². The standard InChI is InChI=1S/C25H23NO6S/c1-29-17-8-10-18(11-9-17)32-24-19-12-20(30-2)21(31-3)13-22(19)33-23(24)14-26-16-6-4-15(5-7-16)25(27)28/h4-13,26H,14H2,1-3H3,(H,27,28). The fourth-order valence-corrected chi connectivity index (χ4v) is 4.44. The number of aromatic carboxylic acids is 1. The van der Waals surface area contributed by atoms with E-state index < -0.39 is 5.97 Å². The molecule has 0 saturated carbocycles. The van der Waals surface area contributed by atoms with Gasteiger partial charge >= 0.3 is 5.97 Å². The lowest BCUT2D eigenvalue weighted by Crippen LogP contribution is -2.00. The van der Waals surface area contributed by atoms with Crippen LogP contribution in [0.1, 0.15) is 15.2 Å². The van der Waals surface area contributed by atoms with E-state index in [1.165, 1.54) is 0 Å². The first-order chi connectivity index (χ1) is 16.0. The average molecular weight is 466 g/mol. The molecule has 1 aromatic heterocycles. The number of thiophene rings is 1. The van der Waals surface area contributed by atoms with Crippen molar-refractivity contribution in [1.82, 2.24) is 0 Å². The van der Waals surface area contributed by atoms with Crippen LogP contribution in [0.2, 0.25) is 0 Å². The smallest absolute Gasteiger partial charge is 0.335 e. The molecule has 0 fully saturated rings. The Hall–Kier alpha value is -3.91. The molecule has 0 aliphatic rings. The SMILES string of the molecule is COc1ccc(Oc2c(CNc3ccc(C(=O)O)cc3)sc3cc(OC)c(OC)cc23)cc1. The third-order valence-corrected chi connectivity index (χ3v) is 6.21. The molecule has 0 atom stereocenters. The maximum atomic E-state index is 11.1. The Morgan fingerprint density at radius 3 is 2.12 bits per heavy atom. The minimum atomic E-state index is -0.955. The molecule has 0 bridgehead atoms. The van der Waals surface area contributed by atoms with Crippen LogP contribution in [0.4, 0.5) is 5.69 Å². The summed E-state index contributed by atoms with van der Waals surface area (Å²) in [4.78, 5) is 12.1. The van der Waals surface area contributed by atoms with Crippen LogP contribution in [0, 0.1) is 0 Å². The summed E-state index contributed by atoms with van der Waals surface area (Å²) in [7, 11) is 4.83. The third kappa shape index (κ3) is 4.80. The second-order valence-electron chi connectivity index (χ2n) is 7.07. The first kappa shape index (κ1) is 22.3. The van der Waals surface area contributed by atoms with Crippen LogP contribution in [0.15, 0.2) is 60.7 Å². The van der Waals surface area contributed by atoms with Crippen LogP contribution in [0.25, 0.3) is 10.1 Å². The first-order valence-electron chi connectivity index (χ1n) is 10.1. The van der Waals surface area contributed by atoms with Gasteiger partial charge in [0.1, 0.15) is 11.5 Å². The number of anilines is 1. The molecule has 0 aliphatic carbocycles. The highest BCUT2D eigenvalue weighted by Gasteiger charge is 2.18. The quantitative estimate of drug-likeness (QED) is 0.312. The number of fused-ring (bicyclic) bond motifs is 1. The van der Waals surface area contributed by atoms with Gasteiger partial charge in [-0.2, -0.15) is 0 Å². The van der Waals surface area contributed by atoms with Crippen LogP contribution in [-0.4, -0.2) is 32.4 Å². The maximum absolute atomic E-state index is 11.1. The second-order valence-corrected chi connectivity index (χ2v) is 8.21. The number of ether oxygens (including phenoxy) is 4. The van der Waals surface area contributed by atoms with Gasteiger partial charge in [-0.3, -0.25) is 0 Å². The van der Waals surface area contributed by atoms with Crippen molar-refractivity contribution in [3.63, 3.8) is 0 Å². The fraction of sp³-hybridized carbons (Fsp3) is 0.160. The Balaban J connectivity index is 1.69. The fourth-order valence-electron chi connectivity index (χ4n) is 3.35. The van der Waals surface area contributed by atoms with Crippen molar-refractivity contribution in [1.29, 1.82) is 0 Å². The predicted octanol–water partition coefficient (Wildman–Crippen LogP) is 6.03. The number of rotatable bonds is 9. The molecule has 170 valence electrons. The molecule has 0 aliphatic heterocycles. The molecule has 0 radical (unpaired) electrons. The molecule has 0 amide bonds. The van der Waals surface area contributed by atoms with Crippen LogP contribution in [-0.2, 0) is 6.54 Å². The molecule has 0 saturated heterocycles. The summed E-state index contributed by atoms with van der Waals surface area (Å²) in [6, 6.07) is 17.9. The topological polar surface area (TPSA) is 86.3 Å². The van der Waals surface area contributed by atoms with E-state index >= 15 is 0 Å². The highest BCUT2D eigenvalue weighted by molar-refractivity contribution is 7.19. The van der Waals surface area contributed by atoms with Crippen LogP contribution in [0.5, 0.6) is 28.7 Å². The van der Waals surface area contributed by atoms with Gasteiger partial charge in [-0.1, -0.05) is 0 Å². The molecule has 4 rings (SSSR count). The molecule has 7 nitrogen and oxygen atoms in total. The molecule has 1 heterocycles. The van der Waals surface area contributed by atoms with Gasteiger partial charge in [0.05, 0.1) is 38.3 Å². The molecular formula is C25H23NO6S. The van der Waals surface area contributed by atoms with Gasteiger partial charge in [0.2, 0.25) is 0 Å². The van der Waals surface area contributed by atoms with Crippen molar-refractivity contribution >= 4 is 33.1 Å². The number of hydrogen-bond acceptors (Lipinski definition) is 7. The Morgan fingerprint density at radius 2 is 1.52 bits per heavy atom. The normalized spacial score (nSPS) is 10.6. The first-order valence-corrected chi connectivity index (χ1v) is 10.9. The Bertz CT molecular complexity index is 1270. The zero-order valence-electron chi connectivity index (χ0n) is 18.4. The summed E-state index contributed by atoms with van der Waals surface area (Å²) in [5.74, 6) is 2.45. The molecule has 8 heteroatoms. The number of methoxy groups -OCH3 is 3. The number of carbonyl (C=O) groups is 1. The summed E-state index contributed by atoms with van der Waals surface area (Å²) in [6.07, 6.45) is 0. The minimum Gasteiger partial charge on any atom is -0.497 e. The van der Waals surface area contributed by atoms with Gasteiger partial charge in [-0.25, -0.2) is 4.79 Å². The van der Waals surface area contributed by atoms with Crippen molar-refractivity contribution in [2.45, 2.75) is 6.54 Å². The number of benzene rings is 3.